The van der Waals surface area contributed by atoms with Gasteiger partial charge < -0.3 is 15.2 Å². The maximum atomic E-state index is 13.4. The molecule has 0 spiro atoms. The van der Waals surface area contributed by atoms with Gasteiger partial charge in [0.25, 0.3) is 5.56 Å². The Morgan fingerprint density at radius 2 is 1.82 bits per heavy atom. The Hall–Kier alpha value is -3.57. The molecule has 5 nitrogen and oxygen atoms in total. The Labute approximate surface area is 203 Å². The summed E-state index contributed by atoms with van der Waals surface area (Å²) in [4.78, 5) is 31.6. The number of fused-ring (bicyclic) bond motifs is 1. The zero-order valence-electron chi connectivity index (χ0n) is 19.0. The fourth-order valence-corrected chi connectivity index (χ4v) is 4.90. The molecule has 1 aliphatic rings. The summed E-state index contributed by atoms with van der Waals surface area (Å²) in [6.45, 7) is 3.21. The van der Waals surface area contributed by atoms with Gasteiger partial charge in [-0.05, 0) is 55.7 Å². The topological polar surface area (TPSA) is 65.2 Å². The van der Waals surface area contributed by atoms with Crippen molar-refractivity contribution in [3.05, 3.63) is 93.7 Å². The Kier molecular flexibility index (Phi) is 6.12. The van der Waals surface area contributed by atoms with Crippen molar-refractivity contribution in [1.29, 1.82) is 0 Å². The number of H-pyrrole nitrogens is 1. The van der Waals surface area contributed by atoms with E-state index in [2.05, 4.69) is 15.2 Å². The standard InChI is InChI=1S/C28H26ClN3O2/c1-18-9-12-22(13-10-18)30-27(33)20-8-5-15-32(17-20)26-25(19-6-3-2-4-7-19)23-16-21(29)11-14-24(23)31-28(26)34/h2-4,6-7,9-14,16,20H,5,8,15,17H2,1H3,(H,30,33)(H,31,34)/t20-/m1/s1. The number of nitrogens with one attached hydrogen (secondary N) is 2. The van der Waals surface area contributed by atoms with Gasteiger partial charge in [0.1, 0.15) is 5.69 Å². The van der Waals surface area contributed by atoms with Crippen LogP contribution in [0.5, 0.6) is 0 Å². The fraction of sp³-hybridized carbons (Fsp3) is 0.214. The highest BCUT2D eigenvalue weighted by Crippen LogP contribution is 2.37. The maximum Gasteiger partial charge on any atom is 0.272 e. The molecule has 34 heavy (non-hydrogen) atoms. The molecule has 1 fully saturated rings. The number of carbonyl (C=O) groups is 1. The summed E-state index contributed by atoms with van der Waals surface area (Å²) in [7, 11) is 0. The van der Waals surface area contributed by atoms with Gasteiger partial charge >= 0.3 is 0 Å². The van der Waals surface area contributed by atoms with E-state index in [0.29, 0.717) is 23.8 Å². The van der Waals surface area contributed by atoms with Gasteiger partial charge in [0.05, 0.1) is 5.92 Å². The van der Waals surface area contributed by atoms with E-state index in [1.165, 1.54) is 0 Å². The minimum absolute atomic E-state index is 0.0184. The number of pyridine rings is 1. The minimum Gasteiger partial charge on any atom is -0.366 e. The van der Waals surface area contributed by atoms with E-state index in [1.807, 2.05) is 73.7 Å². The van der Waals surface area contributed by atoms with Crippen molar-refractivity contribution >= 4 is 39.8 Å². The van der Waals surface area contributed by atoms with Crippen molar-refractivity contribution in [3.63, 3.8) is 0 Å². The zero-order valence-corrected chi connectivity index (χ0v) is 19.7. The molecule has 2 N–H and O–H groups in total. The lowest BCUT2D eigenvalue weighted by molar-refractivity contribution is -0.120. The van der Waals surface area contributed by atoms with Crippen LogP contribution in [0.15, 0.2) is 77.6 Å². The Bertz CT molecular complexity index is 1400. The third kappa shape index (κ3) is 4.44. The van der Waals surface area contributed by atoms with Crippen LogP contribution in [0.25, 0.3) is 22.0 Å². The fourth-order valence-electron chi connectivity index (χ4n) is 4.73. The highest BCUT2D eigenvalue weighted by atomic mass is 35.5. The number of halogens is 1. The zero-order chi connectivity index (χ0) is 23.7. The summed E-state index contributed by atoms with van der Waals surface area (Å²) in [6.07, 6.45) is 1.61. The molecule has 4 aromatic rings. The Morgan fingerprint density at radius 3 is 2.59 bits per heavy atom. The van der Waals surface area contributed by atoms with Crippen molar-refractivity contribution in [2.24, 2.45) is 5.92 Å². The number of amides is 1. The Morgan fingerprint density at radius 1 is 1.06 bits per heavy atom. The van der Waals surface area contributed by atoms with Crippen molar-refractivity contribution in [2.75, 3.05) is 23.3 Å². The molecule has 0 saturated carbocycles. The SMILES string of the molecule is Cc1ccc(NC(=O)[C@@H]2CCCN(c3c(-c4ccccc4)c4cc(Cl)ccc4[nH]c3=O)C2)cc1. The molecule has 3 aromatic carbocycles. The van der Waals surface area contributed by atoms with Crippen LogP contribution >= 0.6 is 11.6 Å². The average Bonchev–Trinajstić information content (AvgIpc) is 2.85. The largest absolute Gasteiger partial charge is 0.366 e. The van der Waals surface area contributed by atoms with Gasteiger partial charge in [-0.1, -0.05) is 59.6 Å². The van der Waals surface area contributed by atoms with E-state index in [4.69, 9.17) is 11.6 Å². The van der Waals surface area contributed by atoms with Gasteiger partial charge in [0.2, 0.25) is 5.91 Å². The molecule has 2 heterocycles. The number of carbonyl (C=O) groups excluding carboxylic acids is 1. The lowest BCUT2D eigenvalue weighted by Gasteiger charge is -2.34. The van der Waals surface area contributed by atoms with Crippen LogP contribution in [0, 0.1) is 12.8 Å². The number of hydrogen-bond acceptors (Lipinski definition) is 3. The molecule has 1 amide bonds. The number of aromatic amines is 1. The van der Waals surface area contributed by atoms with E-state index < -0.39 is 0 Å². The molecule has 5 rings (SSSR count). The van der Waals surface area contributed by atoms with E-state index >= 15 is 0 Å². The van der Waals surface area contributed by atoms with Crippen LogP contribution in [-0.2, 0) is 4.79 Å². The summed E-state index contributed by atoms with van der Waals surface area (Å²) in [5.74, 6) is -0.233. The quantitative estimate of drug-likeness (QED) is 0.383. The first-order valence-corrected chi connectivity index (χ1v) is 11.9. The van der Waals surface area contributed by atoms with Crippen LogP contribution in [0.4, 0.5) is 11.4 Å². The Balaban J connectivity index is 1.53. The van der Waals surface area contributed by atoms with Gasteiger partial charge in [-0.3, -0.25) is 9.59 Å². The van der Waals surface area contributed by atoms with Gasteiger partial charge in [-0.15, -0.1) is 0 Å². The third-order valence-electron chi connectivity index (χ3n) is 6.44. The first-order valence-electron chi connectivity index (χ1n) is 11.5. The first-order chi connectivity index (χ1) is 16.5. The third-order valence-corrected chi connectivity index (χ3v) is 6.68. The van der Waals surface area contributed by atoms with Gasteiger partial charge in [0, 0.05) is 40.3 Å². The van der Waals surface area contributed by atoms with Gasteiger partial charge in [-0.25, -0.2) is 0 Å². The molecular weight excluding hydrogens is 446 g/mol. The van der Waals surface area contributed by atoms with Crippen LogP contribution < -0.4 is 15.8 Å². The summed E-state index contributed by atoms with van der Waals surface area (Å²) < 4.78 is 0. The number of piperidine rings is 1. The molecule has 172 valence electrons. The first kappa shape index (κ1) is 22.2. The van der Waals surface area contributed by atoms with E-state index in [0.717, 1.165) is 46.1 Å². The van der Waals surface area contributed by atoms with E-state index in [1.54, 1.807) is 6.07 Å². The van der Waals surface area contributed by atoms with Crippen LogP contribution in [0.1, 0.15) is 18.4 Å². The molecule has 0 aliphatic carbocycles. The van der Waals surface area contributed by atoms with Gasteiger partial charge in [-0.2, -0.15) is 0 Å². The highest BCUT2D eigenvalue weighted by molar-refractivity contribution is 6.31. The number of hydrogen-bond donors (Lipinski definition) is 2. The second-order valence-electron chi connectivity index (χ2n) is 8.87. The summed E-state index contributed by atoms with van der Waals surface area (Å²) >= 11 is 6.35. The van der Waals surface area contributed by atoms with Gasteiger partial charge in [0.15, 0.2) is 0 Å². The molecular formula is C28H26ClN3O2. The van der Waals surface area contributed by atoms with Crippen LogP contribution in [0.2, 0.25) is 5.02 Å². The van der Waals surface area contributed by atoms with Crippen molar-refractivity contribution in [1.82, 2.24) is 4.98 Å². The smallest absolute Gasteiger partial charge is 0.272 e. The summed E-state index contributed by atoms with van der Waals surface area (Å²) in [5.41, 5.74) is 4.90. The number of nitrogens with zero attached hydrogens (tertiary/aromatic N) is 1. The maximum absolute atomic E-state index is 13.4. The average molecular weight is 472 g/mol. The molecule has 1 saturated heterocycles. The highest BCUT2D eigenvalue weighted by Gasteiger charge is 2.29. The normalized spacial score (nSPS) is 15.9. The predicted octanol–water partition coefficient (Wildman–Crippen LogP) is 6.01. The van der Waals surface area contributed by atoms with Crippen LogP contribution in [-0.4, -0.2) is 24.0 Å². The molecule has 1 atom stereocenters. The number of anilines is 2. The lowest BCUT2D eigenvalue weighted by atomic mass is 9.93. The monoisotopic (exact) mass is 471 g/mol. The molecule has 0 bridgehead atoms. The van der Waals surface area contributed by atoms with E-state index in [9.17, 15) is 9.59 Å². The molecule has 1 aliphatic heterocycles. The number of aryl methyl sites for hydroxylation is 1. The predicted molar refractivity (Wildman–Crippen MR) is 140 cm³/mol. The minimum atomic E-state index is -0.215. The number of rotatable bonds is 4. The second kappa shape index (κ2) is 9.35. The van der Waals surface area contributed by atoms with Crippen molar-refractivity contribution < 1.29 is 4.79 Å². The second-order valence-corrected chi connectivity index (χ2v) is 9.31. The summed E-state index contributed by atoms with van der Waals surface area (Å²) in [5, 5.41) is 4.54. The lowest BCUT2D eigenvalue weighted by Crippen LogP contribution is -2.43. The molecule has 6 heteroatoms. The molecule has 0 unspecified atom stereocenters. The number of aromatic nitrogens is 1. The van der Waals surface area contributed by atoms with Crippen molar-refractivity contribution in [3.8, 4) is 11.1 Å². The van der Waals surface area contributed by atoms with E-state index in [-0.39, 0.29) is 17.4 Å². The molecule has 0 radical (unpaired) electrons. The number of benzene rings is 3. The van der Waals surface area contributed by atoms with Crippen molar-refractivity contribution in [2.45, 2.75) is 19.8 Å². The van der Waals surface area contributed by atoms with Crippen LogP contribution in [0.3, 0.4) is 0 Å². The summed E-state index contributed by atoms with van der Waals surface area (Å²) in [6, 6.07) is 23.2. The molecule has 1 aromatic heterocycles.